The Kier molecular flexibility index (Phi) is 17.1. The van der Waals surface area contributed by atoms with Gasteiger partial charge in [0.05, 0.1) is 27.4 Å². The smallest absolute Gasteiger partial charge is 0.274 e. The number of nitrogen functional groups attached to an aromatic ring is 1. The first-order valence-corrected chi connectivity index (χ1v) is 22.3. The number of thioether (sulfide) groups is 1. The van der Waals surface area contributed by atoms with E-state index in [0.717, 1.165) is 48.2 Å². The Bertz CT molecular complexity index is 1830. The number of phosphoric ester groups is 3. The molecule has 318 valence electrons. The summed E-state index contributed by atoms with van der Waals surface area (Å²) in [4.78, 5) is 96.2. The number of carbonyl (C=O) groups excluding carboxylic acids is 3. The number of aromatic nitrogens is 4. The van der Waals surface area contributed by atoms with E-state index < -0.39 is 84.1 Å². The normalized spacial score (nSPS) is 23.0. The molecule has 0 aromatic carbocycles. The number of imidazole rings is 1. The number of nitrogens with two attached hydrogens (primary N) is 1. The minimum absolute atomic E-state index is 0.0304. The van der Waals surface area contributed by atoms with Crippen molar-refractivity contribution in [2.24, 2.45) is 5.41 Å². The van der Waals surface area contributed by atoms with Gasteiger partial charge in [0, 0.05) is 37.1 Å². The average Bonchev–Trinajstić information content (AvgIpc) is 3.64. The van der Waals surface area contributed by atoms with Crippen molar-refractivity contribution < 1.29 is 80.5 Å². The number of fused-ring (bicyclic) bond motifs is 1. The molecule has 0 spiro atoms. The first-order valence-electron chi connectivity index (χ1n) is 16.9. The van der Waals surface area contributed by atoms with Crippen molar-refractivity contribution in [3.63, 3.8) is 0 Å². The molecule has 0 radical (unpaired) electrons. The molecule has 6 N–H and O–H groups in total. The van der Waals surface area contributed by atoms with Gasteiger partial charge in [0.1, 0.15) is 36.3 Å². The molecule has 1 aliphatic heterocycles. The van der Waals surface area contributed by atoms with Gasteiger partial charge in [0.25, 0.3) is 15.6 Å². The average molecular weight is 876 g/mol. The van der Waals surface area contributed by atoms with Gasteiger partial charge in [0.15, 0.2) is 22.3 Å². The fourth-order valence-corrected chi connectivity index (χ4v) is 8.62. The highest BCUT2D eigenvalue weighted by atomic mass is 32.2. The second-order valence-corrected chi connectivity index (χ2v) is 18.4. The number of aliphatic hydroxyl groups excluding tert-OH is 2. The Hall–Kier alpha value is -2.44. The van der Waals surface area contributed by atoms with Gasteiger partial charge < -0.3 is 69.0 Å². The molecule has 2 aromatic heterocycles. The molecule has 1 aliphatic rings. The molecule has 28 heteroatoms. The summed E-state index contributed by atoms with van der Waals surface area (Å²) in [5.41, 5.74) is 2.03. The van der Waals surface area contributed by atoms with Crippen molar-refractivity contribution in [1.29, 1.82) is 0 Å². The van der Waals surface area contributed by atoms with Crippen molar-refractivity contribution in [3.05, 3.63) is 12.7 Å². The Morgan fingerprint density at radius 3 is 2.41 bits per heavy atom. The molecule has 0 aliphatic carbocycles. The number of ether oxygens (including phenoxy) is 1. The maximum atomic E-state index is 12.6. The Morgan fingerprint density at radius 2 is 1.75 bits per heavy atom. The number of anilines is 1. The van der Waals surface area contributed by atoms with Crippen LogP contribution in [0.1, 0.15) is 59.8 Å². The Balaban J connectivity index is 1.51. The van der Waals surface area contributed by atoms with Crippen molar-refractivity contribution in [1.82, 2.24) is 30.2 Å². The van der Waals surface area contributed by atoms with Crippen LogP contribution in [0.25, 0.3) is 11.2 Å². The summed E-state index contributed by atoms with van der Waals surface area (Å²) in [6.45, 7) is 3.34. The van der Waals surface area contributed by atoms with Gasteiger partial charge in [-0.15, -0.1) is 0 Å². The van der Waals surface area contributed by atoms with Gasteiger partial charge in [-0.2, -0.15) is 0 Å². The number of amides is 2. The second-order valence-electron chi connectivity index (χ2n) is 13.2. The van der Waals surface area contributed by atoms with E-state index >= 15 is 0 Å². The van der Waals surface area contributed by atoms with E-state index in [0.29, 0.717) is 12.2 Å². The minimum atomic E-state index is -5.93. The standard InChI is InChI=1S/C28H48N7O17P3S/c1-5-6-7-8-19(37)56-12-11-30-18(36)9-10-31-26(40)23(39)27(2,3)14-49-55(46,47)52-54(44,45)48-13-17-21(51-53(41,42)43)22(38)28(4,50-17)35-16-34-20-24(29)32-15-33-25(20)35/h15-17,21-23,38-39H,5-14H2,1-4H3,(H,30,36)(H,31,40)(H,44,45)(H,46,47)(H2,29,32,33)(H2,41,42,43)/p-4. The van der Waals surface area contributed by atoms with E-state index in [1.54, 1.807) is 0 Å². The molecule has 2 amide bonds. The molecular formula is C28H44N7O17P3S-4. The molecule has 2 aromatic rings. The van der Waals surface area contributed by atoms with E-state index in [4.69, 9.17) is 10.5 Å². The summed E-state index contributed by atoms with van der Waals surface area (Å²) in [5, 5.41) is 26.5. The van der Waals surface area contributed by atoms with Crippen molar-refractivity contribution in [2.45, 2.75) is 89.9 Å². The molecule has 56 heavy (non-hydrogen) atoms. The van der Waals surface area contributed by atoms with E-state index in [1.807, 2.05) is 6.92 Å². The van der Waals surface area contributed by atoms with Gasteiger partial charge in [-0.05, 0) is 13.3 Å². The highest BCUT2D eigenvalue weighted by Crippen LogP contribution is 2.56. The molecule has 0 saturated carbocycles. The van der Waals surface area contributed by atoms with Gasteiger partial charge >= 0.3 is 0 Å². The predicted octanol–water partition coefficient (Wildman–Crippen LogP) is -2.11. The maximum absolute atomic E-state index is 12.6. The van der Waals surface area contributed by atoms with Crippen LogP contribution in [-0.4, -0.2) is 103 Å². The number of nitrogens with zero attached hydrogens (tertiary/aromatic N) is 4. The summed E-state index contributed by atoms with van der Waals surface area (Å²) in [6.07, 6.45) is -2.84. The molecule has 0 bridgehead atoms. The SMILES string of the molecule is CCCCCC(=O)SCCNC(=O)CCNC(=O)C(O)C(C)(C)COP(=O)([O-])OP(=O)([O-])OCC1OC(C)(n2cnc3c(N)ncnc32)C(O)C1OP(=O)([O-])[O-]. The number of hydrogen-bond acceptors (Lipinski definition) is 22. The fraction of sp³-hybridized carbons (Fsp3) is 0.714. The van der Waals surface area contributed by atoms with Gasteiger partial charge in [-0.1, -0.05) is 45.4 Å². The highest BCUT2D eigenvalue weighted by Gasteiger charge is 2.55. The largest absolute Gasteiger partial charge is 0.790 e. The van der Waals surface area contributed by atoms with Crippen LogP contribution in [0.15, 0.2) is 12.7 Å². The molecule has 3 heterocycles. The summed E-state index contributed by atoms with van der Waals surface area (Å²) < 4.78 is 61.0. The van der Waals surface area contributed by atoms with Gasteiger partial charge in [-0.25, -0.2) is 19.3 Å². The highest BCUT2D eigenvalue weighted by molar-refractivity contribution is 8.13. The number of carbonyl (C=O) groups is 3. The zero-order valence-electron chi connectivity index (χ0n) is 30.7. The lowest BCUT2D eigenvalue weighted by atomic mass is 9.87. The first kappa shape index (κ1) is 47.9. The number of unbranched alkanes of at least 4 members (excludes halogenated alkanes) is 2. The molecule has 7 atom stereocenters. The van der Waals surface area contributed by atoms with Crippen LogP contribution < -0.4 is 35.9 Å². The van der Waals surface area contributed by atoms with Crippen molar-refractivity contribution in [2.75, 3.05) is 37.8 Å². The summed E-state index contributed by atoms with van der Waals surface area (Å²) in [7, 11) is -17.6. The maximum Gasteiger partial charge on any atom is 0.274 e. The van der Waals surface area contributed by atoms with E-state index in [1.165, 1.54) is 20.8 Å². The lowest BCUT2D eigenvalue weighted by molar-refractivity contribution is -0.347. The lowest BCUT2D eigenvalue weighted by Crippen LogP contribution is -2.46. The fourth-order valence-electron chi connectivity index (χ4n) is 5.18. The Morgan fingerprint density at radius 1 is 1.07 bits per heavy atom. The van der Waals surface area contributed by atoms with E-state index in [2.05, 4.69) is 43.5 Å². The number of hydrogen-bond donors (Lipinski definition) is 5. The molecule has 24 nitrogen and oxygen atoms in total. The molecule has 1 fully saturated rings. The monoisotopic (exact) mass is 875 g/mol. The third-order valence-electron chi connectivity index (χ3n) is 8.21. The number of aliphatic hydroxyl groups is 2. The number of nitrogens with one attached hydrogen (secondary N) is 2. The number of rotatable bonds is 23. The zero-order chi connectivity index (χ0) is 42.1. The lowest BCUT2D eigenvalue weighted by Gasteiger charge is -2.36. The molecular weight excluding hydrogens is 831 g/mol. The van der Waals surface area contributed by atoms with Gasteiger partial charge in [0.2, 0.25) is 11.8 Å². The summed E-state index contributed by atoms with van der Waals surface area (Å²) in [6, 6.07) is 0. The van der Waals surface area contributed by atoms with Crippen LogP contribution in [0.5, 0.6) is 0 Å². The van der Waals surface area contributed by atoms with Gasteiger partial charge in [-0.3, -0.25) is 28.1 Å². The van der Waals surface area contributed by atoms with Crippen LogP contribution in [0, 0.1) is 5.41 Å². The summed E-state index contributed by atoms with van der Waals surface area (Å²) >= 11 is 1.11. The second kappa shape index (κ2) is 20.0. The first-order chi connectivity index (χ1) is 25.9. The van der Waals surface area contributed by atoms with Crippen LogP contribution in [-0.2, 0) is 56.4 Å². The van der Waals surface area contributed by atoms with Crippen LogP contribution in [0.3, 0.4) is 0 Å². The predicted molar refractivity (Wildman–Crippen MR) is 187 cm³/mol. The van der Waals surface area contributed by atoms with E-state index in [-0.39, 0.29) is 41.6 Å². The topological polar surface area (TPSA) is 375 Å². The molecule has 3 rings (SSSR count). The zero-order valence-corrected chi connectivity index (χ0v) is 34.2. The molecule has 7 unspecified atom stereocenters. The molecule has 1 saturated heterocycles. The van der Waals surface area contributed by atoms with Crippen LogP contribution >= 0.6 is 35.2 Å². The van der Waals surface area contributed by atoms with E-state index in [9.17, 15) is 57.9 Å². The Labute approximate surface area is 325 Å². The van der Waals surface area contributed by atoms with Crippen LogP contribution in [0.4, 0.5) is 5.82 Å². The van der Waals surface area contributed by atoms with Crippen molar-refractivity contribution in [3.8, 4) is 0 Å². The quantitative estimate of drug-likeness (QED) is 0.0589. The van der Waals surface area contributed by atoms with Crippen molar-refractivity contribution >= 4 is 69.1 Å². The third-order valence-corrected chi connectivity index (χ3v) is 12.2. The van der Waals surface area contributed by atoms with Crippen LogP contribution in [0.2, 0.25) is 0 Å². The third kappa shape index (κ3) is 13.8. The summed E-state index contributed by atoms with van der Waals surface area (Å²) in [5.74, 6) is -1.16. The minimum Gasteiger partial charge on any atom is -0.790 e. The number of phosphoric acid groups is 3.